The molecule has 0 amide bonds. The first kappa shape index (κ1) is 16.5. The molecule has 1 aromatic heterocycles. The van der Waals surface area contributed by atoms with Crippen LogP contribution in [-0.2, 0) is 6.42 Å². The van der Waals surface area contributed by atoms with Crippen LogP contribution in [0.5, 0.6) is 0 Å². The minimum Gasteiger partial charge on any atom is -0.369 e. The molecule has 112 valence electrons. The fourth-order valence-corrected chi connectivity index (χ4v) is 2.87. The van der Waals surface area contributed by atoms with Crippen LogP contribution in [0.25, 0.3) is 11.4 Å². The van der Waals surface area contributed by atoms with Crippen LogP contribution in [0.15, 0.2) is 22.7 Å². The molecule has 2 rings (SSSR count). The Hall–Kier alpha value is -0.840. The predicted octanol–water partition coefficient (Wildman–Crippen LogP) is 5.60. The van der Waals surface area contributed by atoms with Crippen LogP contribution < -0.4 is 5.32 Å². The van der Waals surface area contributed by atoms with Gasteiger partial charge in [-0.3, -0.25) is 0 Å². The van der Waals surface area contributed by atoms with E-state index in [1.54, 1.807) is 6.07 Å². The molecule has 1 heterocycles. The average molecular weight is 389 g/mol. The van der Waals surface area contributed by atoms with Gasteiger partial charge in [-0.05, 0) is 40.9 Å². The van der Waals surface area contributed by atoms with Crippen molar-refractivity contribution in [1.29, 1.82) is 0 Å². The Morgan fingerprint density at radius 1 is 1.19 bits per heavy atom. The molecule has 3 nitrogen and oxygen atoms in total. The van der Waals surface area contributed by atoms with E-state index in [4.69, 9.17) is 23.2 Å². The summed E-state index contributed by atoms with van der Waals surface area (Å²) in [5.74, 6) is 1.37. The summed E-state index contributed by atoms with van der Waals surface area (Å²) in [5.41, 5.74) is 1.68. The van der Waals surface area contributed by atoms with E-state index >= 15 is 0 Å². The number of hydrogen-bond acceptors (Lipinski definition) is 3. The zero-order chi connectivity index (χ0) is 15.4. The number of rotatable bonds is 5. The lowest BCUT2D eigenvalue weighted by molar-refractivity contribution is 0.944. The molecule has 0 saturated heterocycles. The molecular weight excluding hydrogens is 373 g/mol. The van der Waals surface area contributed by atoms with Crippen LogP contribution in [0.4, 0.5) is 5.82 Å². The molecule has 0 aliphatic heterocycles. The fraction of sp³-hybridized carbons (Fsp3) is 0.333. The number of nitrogens with zero attached hydrogens (tertiary/aromatic N) is 2. The zero-order valence-corrected chi connectivity index (χ0v) is 15.0. The van der Waals surface area contributed by atoms with Crippen LogP contribution in [-0.4, -0.2) is 16.5 Å². The van der Waals surface area contributed by atoms with E-state index in [0.717, 1.165) is 40.9 Å². The van der Waals surface area contributed by atoms with Gasteiger partial charge in [0.2, 0.25) is 0 Å². The second-order valence-corrected chi connectivity index (χ2v) is 6.12. The van der Waals surface area contributed by atoms with Crippen molar-refractivity contribution < 1.29 is 0 Å². The lowest BCUT2D eigenvalue weighted by Gasteiger charge is -2.13. The molecule has 0 saturated carbocycles. The fourth-order valence-electron chi connectivity index (χ4n) is 1.89. The number of anilines is 1. The van der Waals surface area contributed by atoms with Crippen LogP contribution in [0.1, 0.15) is 26.0 Å². The van der Waals surface area contributed by atoms with Gasteiger partial charge >= 0.3 is 0 Å². The first-order valence-corrected chi connectivity index (χ1v) is 8.38. The molecule has 0 bridgehead atoms. The number of benzene rings is 1. The molecular formula is C15H16BrCl2N3. The summed E-state index contributed by atoms with van der Waals surface area (Å²) in [4.78, 5) is 9.17. The van der Waals surface area contributed by atoms with Gasteiger partial charge in [0.1, 0.15) is 5.82 Å². The largest absolute Gasteiger partial charge is 0.369 e. The molecule has 0 unspecified atom stereocenters. The van der Waals surface area contributed by atoms with Crippen molar-refractivity contribution in [1.82, 2.24) is 9.97 Å². The van der Waals surface area contributed by atoms with E-state index in [9.17, 15) is 0 Å². The normalized spacial score (nSPS) is 10.7. The van der Waals surface area contributed by atoms with Gasteiger partial charge in [0.15, 0.2) is 5.82 Å². The van der Waals surface area contributed by atoms with Gasteiger partial charge in [-0.15, -0.1) is 0 Å². The van der Waals surface area contributed by atoms with E-state index in [1.165, 1.54) is 0 Å². The minimum absolute atomic E-state index is 0.477. The quantitative estimate of drug-likeness (QED) is 0.724. The maximum Gasteiger partial charge on any atom is 0.163 e. The topological polar surface area (TPSA) is 37.8 Å². The molecule has 0 aliphatic rings. The van der Waals surface area contributed by atoms with Crippen LogP contribution in [0.2, 0.25) is 10.0 Å². The highest BCUT2D eigenvalue weighted by molar-refractivity contribution is 9.10. The van der Waals surface area contributed by atoms with Crippen LogP contribution in [0, 0.1) is 0 Å². The monoisotopic (exact) mass is 387 g/mol. The summed E-state index contributed by atoms with van der Waals surface area (Å²) >= 11 is 15.9. The summed E-state index contributed by atoms with van der Waals surface area (Å²) in [5, 5.41) is 4.29. The predicted molar refractivity (Wildman–Crippen MR) is 93.3 cm³/mol. The van der Waals surface area contributed by atoms with Gasteiger partial charge < -0.3 is 5.32 Å². The maximum absolute atomic E-state index is 6.28. The SMILES string of the molecule is CCCNc1nc(-c2cccc(Cl)c2Cl)nc(CC)c1Br. The van der Waals surface area contributed by atoms with Gasteiger partial charge in [-0.1, -0.05) is 43.1 Å². The third-order valence-electron chi connectivity index (χ3n) is 2.99. The van der Waals surface area contributed by atoms with E-state index in [2.05, 4.69) is 45.1 Å². The molecule has 0 fully saturated rings. The second-order valence-electron chi connectivity index (χ2n) is 4.54. The van der Waals surface area contributed by atoms with E-state index in [0.29, 0.717) is 15.9 Å². The van der Waals surface area contributed by atoms with Crippen LogP contribution in [0.3, 0.4) is 0 Å². The minimum atomic E-state index is 0.477. The third-order valence-corrected chi connectivity index (χ3v) is 4.64. The molecule has 0 aliphatic carbocycles. The molecule has 0 radical (unpaired) electrons. The van der Waals surface area contributed by atoms with Crippen molar-refractivity contribution in [3.63, 3.8) is 0 Å². The van der Waals surface area contributed by atoms with E-state index in [-0.39, 0.29) is 0 Å². The highest BCUT2D eigenvalue weighted by atomic mass is 79.9. The molecule has 6 heteroatoms. The molecule has 0 spiro atoms. The molecule has 1 N–H and O–H groups in total. The zero-order valence-electron chi connectivity index (χ0n) is 11.9. The molecule has 2 aromatic rings. The maximum atomic E-state index is 6.28. The standard InChI is InChI=1S/C15H16BrCl2N3/c1-3-8-19-15-12(16)11(4-2)20-14(21-15)9-6-5-7-10(17)13(9)18/h5-7H,3-4,8H2,1-2H3,(H,19,20,21). The van der Waals surface area contributed by atoms with Crippen molar-refractivity contribution >= 4 is 44.9 Å². The van der Waals surface area contributed by atoms with Gasteiger partial charge in [-0.25, -0.2) is 9.97 Å². The second kappa shape index (κ2) is 7.43. The van der Waals surface area contributed by atoms with Gasteiger partial charge in [0.05, 0.1) is 20.2 Å². The Morgan fingerprint density at radius 2 is 1.95 bits per heavy atom. The Kier molecular flexibility index (Phi) is 5.85. The Morgan fingerprint density at radius 3 is 2.62 bits per heavy atom. The van der Waals surface area contributed by atoms with Gasteiger partial charge in [0, 0.05) is 12.1 Å². The van der Waals surface area contributed by atoms with E-state index in [1.807, 2.05) is 12.1 Å². The van der Waals surface area contributed by atoms with Gasteiger partial charge in [0.25, 0.3) is 0 Å². The van der Waals surface area contributed by atoms with Crippen molar-refractivity contribution in [2.45, 2.75) is 26.7 Å². The smallest absolute Gasteiger partial charge is 0.163 e. The summed E-state index contributed by atoms with van der Waals surface area (Å²) in [6.45, 7) is 5.01. The van der Waals surface area contributed by atoms with Crippen molar-refractivity contribution in [3.8, 4) is 11.4 Å². The Labute approximate surface area is 143 Å². The summed E-state index contributed by atoms with van der Waals surface area (Å²) in [6.07, 6.45) is 1.82. The number of aromatic nitrogens is 2. The summed E-state index contributed by atoms with van der Waals surface area (Å²) in [7, 11) is 0. The first-order valence-electron chi connectivity index (χ1n) is 6.83. The lowest BCUT2D eigenvalue weighted by Crippen LogP contribution is -2.07. The average Bonchev–Trinajstić information content (AvgIpc) is 2.49. The van der Waals surface area contributed by atoms with Crippen molar-refractivity contribution in [2.75, 3.05) is 11.9 Å². The number of hydrogen-bond donors (Lipinski definition) is 1. The highest BCUT2D eigenvalue weighted by Gasteiger charge is 2.15. The lowest BCUT2D eigenvalue weighted by atomic mass is 10.2. The molecule has 1 aromatic carbocycles. The first-order chi connectivity index (χ1) is 10.1. The Bertz CT molecular complexity index is 647. The van der Waals surface area contributed by atoms with Crippen molar-refractivity contribution in [3.05, 3.63) is 38.4 Å². The number of aryl methyl sites for hydroxylation is 1. The van der Waals surface area contributed by atoms with E-state index < -0.39 is 0 Å². The summed E-state index contributed by atoms with van der Waals surface area (Å²) < 4.78 is 0.903. The molecule has 21 heavy (non-hydrogen) atoms. The number of halogens is 3. The van der Waals surface area contributed by atoms with Gasteiger partial charge in [-0.2, -0.15) is 0 Å². The van der Waals surface area contributed by atoms with Crippen molar-refractivity contribution in [2.24, 2.45) is 0 Å². The Balaban J connectivity index is 2.55. The highest BCUT2D eigenvalue weighted by Crippen LogP contribution is 2.34. The third kappa shape index (κ3) is 3.68. The summed E-state index contributed by atoms with van der Waals surface area (Å²) in [6, 6.07) is 5.48. The molecule has 0 atom stereocenters. The number of nitrogens with one attached hydrogen (secondary N) is 1. The van der Waals surface area contributed by atoms with Crippen LogP contribution >= 0.6 is 39.1 Å².